The summed E-state index contributed by atoms with van der Waals surface area (Å²) in [4.78, 5) is 12.3. The minimum atomic E-state index is -4.38. The van der Waals surface area contributed by atoms with Gasteiger partial charge in [0.2, 0.25) is 0 Å². The number of alkyl halides is 3. The molecule has 1 saturated heterocycles. The molecule has 6 heteroatoms. The molecule has 0 spiro atoms. The molecular weight excluding hydrogens is 259 g/mol. The van der Waals surface area contributed by atoms with Crippen LogP contribution in [0.2, 0.25) is 0 Å². The second-order valence-electron chi connectivity index (χ2n) is 6.60. The van der Waals surface area contributed by atoms with Gasteiger partial charge in [-0.3, -0.25) is 4.79 Å². The fourth-order valence-corrected chi connectivity index (χ4v) is 4.58. The molecule has 1 amide bonds. The summed E-state index contributed by atoms with van der Waals surface area (Å²) in [6.07, 6.45) is -1.92. The number of amides is 1. The molecular formula is C13H18F3NO2. The summed E-state index contributed by atoms with van der Waals surface area (Å²) in [5.41, 5.74) is -1.45. The van der Waals surface area contributed by atoms with Gasteiger partial charge in [0.25, 0.3) is 5.91 Å². The van der Waals surface area contributed by atoms with Gasteiger partial charge in [-0.15, -0.1) is 0 Å². The van der Waals surface area contributed by atoms with Crippen LogP contribution in [0.3, 0.4) is 0 Å². The van der Waals surface area contributed by atoms with Crippen molar-refractivity contribution in [3.05, 3.63) is 0 Å². The first-order chi connectivity index (χ1) is 8.65. The zero-order chi connectivity index (χ0) is 14.1. The average Bonchev–Trinajstić information content (AvgIpc) is 2.77. The van der Waals surface area contributed by atoms with Crippen molar-refractivity contribution in [2.24, 2.45) is 16.7 Å². The van der Waals surface area contributed by atoms with E-state index >= 15 is 0 Å². The molecule has 1 aliphatic heterocycles. The predicted molar refractivity (Wildman–Crippen MR) is 61.3 cm³/mol. The molecule has 19 heavy (non-hydrogen) atoms. The minimum absolute atomic E-state index is 0.0669. The standard InChI is InChI=1S/C13H18F3NO2/c1-10-7-19-12(9(18)17-6-13(14,15)16)5-8(10)3-4-11(10,12)2/h8H,3-7H2,1-2H3,(H,17,18)/t8-,10-,11+,12-/m0/s1. The molecule has 0 radical (unpaired) electrons. The number of rotatable bonds is 2. The Kier molecular flexibility index (Phi) is 2.40. The lowest BCUT2D eigenvalue weighted by Gasteiger charge is -2.40. The number of hydrogen-bond acceptors (Lipinski definition) is 2. The number of hydrogen-bond donors (Lipinski definition) is 1. The lowest BCUT2D eigenvalue weighted by Crippen LogP contribution is -2.56. The molecule has 108 valence electrons. The highest BCUT2D eigenvalue weighted by atomic mass is 19.4. The van der Waals surface area contributed by atoms with E-state index in [4.69, 9.17) is 4.74 Å². The van der Waals surface area contributed by atoms with E-state index in [1.165, 1.54) is 0 Å². The van der Waals surface area contributed by atoms with Crippen LogP contribution in [0.25, 0.3) is 0 Å². The highest BCUT2D eigenvalue weighted by Gasteiger charge is 2.78. The van der Waals surface area contributed by atoms with Gasteiger partial charge < -0.3 is 10.1 Å². The zero-order valence-electron chi connectivity index (χ0n) is 11.1. The van der Waals surface area contributed by atoms with Gasteiger partial charge in [-0.2, -0.15) is 13.2 Å². The van der Waals surface area contributed by atoms with Gasteiger partial charge in [-0.25, -0.2) is 0 Å². The van der Waals surface area contributed by atoms with E-state index in [2.05, 4.69) is 6.92 Å². The summed E-state index contributed by atoms with van der Waals surface area (Å²) in [5.74, 6) is -0.193. The number of ether oxygens (including phenoxy) is 1. The lowest BCUT2D eigenvalue weighted by molar-refractivity contribution is -0.163. The van der Waals surface area contributed by atoms with E-state index < -0.39 is 24.2 Å². The maximum absolute atomic E-state index is 12.3. The van der Waals surface area contributed by atoms with Crippen molar-refractivity contribution < 1.29 is 22.7 Å². The van der Waals surface area contributed by atoms with Crippen LogP contribution in [0.4, 0.5) is 13.2 Å². The van der Waals surface area contributed by atoms with Gasteiger partial charge in [-0.05, 0) is 25.2 Å². The van der Waals surface area contributed by atoms with E-state index in [-0.39, 0.29) is 10.8 Å². The third kappa shape index (κ3) is 1.41. The normalized spacial score (nSPS) is 47.7. The molecule has 0 aromatic carbocycles. The van der Waals surface area contributed by atoms with Crippen LogP contribution in [0.1, 0.15) is 33.1 Å². The molecule has 0 aromatic rings. The van der Waals surface area contributed by atoms with Crippen molar-refractivity contribution in [2.45, 2.75) is 44.9 Å². The monoisotopic (exact) mass is 277 g/mol. The van der Waals surface area contributed by atoms with Crippen LogP contribution in [0.15, 0.2) is 0 Å². The van der Waals surface area contributed by atoms with Crippen molar-refractivity contribution in [2.75, 3.05) is 13.2 Å². The molecule has 3 aliphatic rings. The number of carbonyl (C=O) groups excluding carboxylic acids is 1. The first-order valence-electron chi connectivity index (χ1n) is 6.64. The molecule has 2 saturated carbocycles. The third-order valence-electron chi connectivity index (χ3n) is 6.01. The Morgan fingerprint density at radius 3 is 2.63 bits per heavy atom. The molecule has 0 unspecified atom stereocenters. The number of halogens is 3. The minimum Gasteiger partial charge on any atom is -0.364 e. The Morgan fingerprint density at radius 2 is 2.11 bits per heavy atom. The van der Waals surface area contributed by atoms with Crippen LogP contribution in [-0.4, -0.2) is 30.8 Å². The van der Waals surface area contributed by atoms with Gasteiger partial charge in [0.15, 0.2) is 5.60 Å². The summed E-state index contributed by atoms with van der Waals surface area (Å²) in [6, 6.07) is 0. The molecule has 0 aromatic heterocycles. The van der Waals surface area contributed by atoms with Gasteiger partial charge in [0, 0.05) is 10.8 Å². The van der Waals surface area contributed by atoms with Crippen molar-refractivity contribution in [1.29, 1.82) is 0 Å². The maximum atomic E-state index is 12.3. The summed E-state index contributed by atoms with van der Waals surface area (Å²) in [5, 5.41) is 2.02. The van der Waals surface area contributed by atoms with Crippen LogP contribution in [-0.2, 0) is 9.53 Å². The molecule has 4 bridgehead atoms. The first kappa shape index (κ1) is 13.2. The van der Waals surface area contributed by atoms with Crippen molar-refractivity contribution in [1.82, 2.24) is 5.32 Å². The van der Waals surface area contributed by atoms with Crippen molar-refractivity contribution >= 4 is 5.91 Å². The summed E-state index contributed by atoms with van der Waals surface area (Å²) in [6.45, 7) is 3.30. The summed E-state index contributed by atoms with van der Waals surface area (Å²) < 4.78 is 42.5. The van der Waals surface area contributed by atoms with Crippen LogP contribution < -0.4 is 5.32 Å². The van der Waals surface area contributed by atoms with Gasteiger partial charge in [-0.1, -0.05) is 13.8 Å². The molecule has 1 heterocycles. The molecule has 1 N–H and O–H groups in total. The molecule has 3 fully saturated rings. The topological polar surface area (TPSA) is 38.3 Å². The Balaban J connectivity index is 1.84. The fraction of sp³-hybridized carbons (Fsp3) is 0.923. The largest absolute Gasteiger partial charge is 0.405 e. The summed E-state index contributed by atoms with van der Waals surface area (Å²) >= 11 is 0. The van der Waals surface area contributed by atoms with E-state index in [0.29, 0.717) is 18.9 Å². The third-order valence-corrected chi connectivity index (χ3v) is 6.01. The van der Waals surface area contributed by atoms with Crippen LogP contribution >= 0.6 is 0 Å². The van der Waals surface area contributed by atoms with Crippen LogP contribution in [0, 0.1) is 16.7 Å². The van der Waals surface area contributed by atoms with Crippen molar-refractivity contribution in [3.8, 4) is 0 Å². The molecule has 3 nitrogen and oxygen atoms in total. The van der Waals surface area contributed by atoms with Crippen LogP contribution in [0.5, 0.6) is 0 Å². The highest BCUT2D eigenvalue weighted by Crippen LogP contribution is 2.74. The Morgan fingerprint density at radius 1 is 1.42 bits per heavy atom. The smallest absolute Gasteiger partial charge is 0.364 e. The second-order valence-corrected chi connectivity index (χ2v) is 6.60. The van der Waals surface area contributed by atoms with E-state index in [9.17, 15) is 18.0 Å². The maximum Gasteiger partial charge on any atom is 0.405 e. The Bertz CT molecular complexity index is 438. The second kappa shape index (κ2) is 3.45. The number of carbonyl (C=O) groups is 1. The van der Waals surface area contributed by atoms with Crippen molar-refractivity contribution in [3.63, 3.8) is 0 Å². The predicted octanol–water partition coefficient (Wildman–Crippen LogP) is 2.26. The van der Waals surface area contributed by atoms with Gasteiger partial charge in [0.05, 0.1) is 6.61 Å². The molecule has 4 atom stereocenters. The van der Waals surface area contributed by atoms with E-state index in [0.717, 1.165) is 12.8 Å². The van der Waals surface area contributed by atoms with Gasteiger partial charge >= 0.3 is 6.18 Å². The Labute approximate surface area is 109 Å². The quantitative estimate of drug-likeness (QED) is 0.841. The fourth-order valence-electron chi connectivity index (χ4n) is 4.58. The average molecular weight is 277 g/mol. The lowest BCUT2D eigenvalue weighted by atomic mass is 9.66. The Hall–Kier alpha value is -0.780. The molecule has 3 rings (SSSR count). The summed E-state index contributed by atoms with van der Waals surface area (Å²) in [7, 11) is 0. The SMILES string of the molecule is C[C@]12CC[C@H]3C[C@@]1(C(=O)NCC(F)(F)F)OC[C@@]32C. The number of nitrogens with one attached hydrogen (secondary N) is 1. The molecule has 2 aliphatic carbocycles. The zero-order valence-corrected chi connectivity index (χ0v) is 11.1. The first-order valence-corrected chi connectivity index (χ1v) is 6.64. The van der Waals surface area contributed by atoms with Gasteiger partial charge in [0.1, 0.15) is 6.54 Å². The highest BCUT2D eigenvalue weighted by molar-refractivity contribution is 5.88. The van der Waals surface area contributed by atoms with E-state index in [1.807, 2.05) is 12.2 Å². The van der Waals surface area contributed by atoms with E-state index in [1.54, 1.807) is 0 Å².